The van der Waals surface area contributed by atoms with Gasteiger partial charge in [0.25, 0.3) is 0 Å². The molecule has 0 radical (unpaired) electrons. The van der Waals surface area contributed by atoms with Gasteiger partial charge in [-0.1, -0.05) is 58.4 Å². The third-order valence-electron chi connectivity index (χ3n) is 7.55. The molecule has 0 aliphatic heterocycles. The molecule has 0 saturated heterocycles. The summed E-state index contributed by atoms with van der Waals surface area (Å²) in [5.74, 6) is 1.36. The Bertz CT molecular complexity index is 613. The van der Waals surface area contributed by atoms with Crippen LogP contribution in [0.15, 0.2) is 12.1 Å². The highest BCUT2D eigenvalue weighted by Gasteiger charge is 2.32. The number of hydrogen-bond donors (Lipinski definition) is 0. The average Bonchev–Trinajstić information content (AvgIpc) is 2.75. The lowest BCUT2D eigenvalue weighted by molar-refractivity contribution is 0.155. The van der Waals surface area contributed by atoms with E-state index < -0.39 is 11.6 Å². The summed E-state index contributed by atoms with van der Waals surface area (Å²) in [5.41, 5.74) is 0.563. The van der Waals surface area contributed by atoms with E-state index in [1.165, 1.54) is 51.4 Å². The highest BCUT2D eigenvalue weighted by molar-refractivity contribution is 5.33. The molecule has 3 heteroatoms. The number of ether oxygens (including phenoxy) is 1. The van der Waals surface area contributed by atoms with Gasteiger partial charge in [0.2, 0.25) is 5.82 Å². The van der Waals surface area contributed by atoms with Crippen molar-refractivity contribution in [1.29, 1.82) is 0 Å². The molecule has 2 fully saturated rings. The van der Waals surface area contributed by atoms with Crippen LogP contribution in [-0.2, 0) is 0 Å². The molecule has 1 aromatic carbocycles. The van der Waals surface area contributed by atoms with Crippen LogP contribution < -0.4 is 4.74 Å². The molecule has 29 heavy (non-hydrogen) atoms. The molecule has 1 aromatic rings. The normalized spacial score (nSPS) is 27.7. The smallest absolute Gasteiger partial charge is 0.200 e. The Morgan fingerprint density at radius 1 is 0.793 bits per heavy atom. The van der Waals surface area contributed by atoms with E-state index in [0.29, 0.717) is 12.2 Å². The maximum atomic E-state index is 14.7. The van der Waals surface area contributed by atoms with Crippen molar-refractivity contribution in [3.05, 3.63) is 29.3 Å². The first kappa shape index (κ1) is 22.6. The standard InChI is InChI=1S/C26H40F2O/c1-3-5-6-18-29-24-17-16-23(25(27)26(24)28)22-14-12-21(13-15-22)20-10-8-19(7-4-2)9-11-20/h16-17,19-22H,3-15,18H2,1-2H3. The molecule has 0 aromatic heterocycles. The third kappa shape index (κ3) is 5.95. The number of unbranched alkanes of at least 4 members (excludes halogenated alkanes) is 2. The van der Waals surface area contributed by atoms with Crippen molar-refractivity contribution >= 4 is 0 Å². The van der Waals surface area contributed by atoms with Crippen LogP contribution in [0.25, 0.3) is 0 Å². The van der Waals surface area contributed by atoms with Crippen LogP contribution in [0.2, 0.25) is 0 Å². The van der Waals surface area contributed by atoms with Crippen LogP contribution in [0.1, 0.15) is 109 Å². The molecule has 3 rings (SSSR count). The number of halogens is 2. The van der Waals surface area contributed by atoms with E-state index in [9.17, 15) is 8.78 Å². The summed E-state index contributed by atoms with van der Waals surface area (Å²) in [6.45, 7) is 4.86. The Kier molecular flexibility index (Phi) is 8.81. The first-order valence-electron chi connectivity index (χ1n) is 12.2. The van der Waals surface area contributed by atoms with Gasteiger partial charge in [-0.15, -0.1) is 0 Å². The van der Waals surface area contributed by atoms with Crippen LogP contribution in [0, 0.1) is 29.4 Å². The van der Waals surface area contributed by atoms with E-state index >= 15 is 0 Å². The minimum atomic E-state index is -0.796. The molecule has 0 spiro atoms. The molecule has 0 unspecified atom stereocenters. The lowest BCUT2D eigenvalue weighted by atomic mass is 9.68. The van der Waals surface area contributed by atoms with Crippen molar-refractivity contribution in [3.63, 3.8) is 0 Å². The molecule has 2 aliphatic carbocycles. The molecule has 0 amide bonds. The van der Waals surface area contributed by atoms with E-state index in [0.717, 1.165) is 49.9 Å². The molecule has 0 heterocycles. The lowest BCUT2D eigenvalue weighted by Gasteiger charge is -2.38. The van der Waals surface area contributed by atoms with Crippen molar-refractivity contribution < 1.29 is 13.5 Å². The summed E-state index contributed by atoms with van der Waals surface area (Å²) in [4.78, 5) is 0. The first-order chi connectivity index (χ1) is 14.1. The first-order valence-corrected chi connectivity index (χ1v) is 12.2. The SMILES string of the molecule is CCCCCOc1ccc(C2CCC(C3CCC(CCC)CC3)CC2)c(F)c1F. The summed E-state index contributed by atoms with van der Waals surface area (Å²) in [6.07, 6.45) is 15.6. The Hall–Kier alpha value is -1.12. The van der Waals surface area contributed by atoms with Crippen molar-refractivity contribution in [3.8, 4) is 5.75 Å². The van der Waals surface area contributed by atoms with E-state index in [4.69, 9.17) is 4.74 Å². The fourth-order valence-corrected chi connectivity index (χ4v) is 5.77. The van der Waals surface area contributed by atoms with Crippen molar-refractivity contribution in [2.75, 3.05) is 6.61 Å². The predicted molar refractivity (Wildman–Crippen MR) is 116 cm³/mol. The van der Waals surface area contributed by atoms with Crippen LogP contribution in [0.4, 0.5) is 8.78 Å². The van der Waals surface area contributed by atoms with Crippen molar-refractivity contribution in [1.82, 2.24) is 0 Å². The predicted octanol–water partition coefficient (Wildman–Crippen LogP) is 8.41. The molecule has 2 saturated carbocycles. The van der Waals surface area contributed by atoms with Crippen molar-refractivity contribution in [2.24, 2.45) is 17.8 Å². The van der Waals surface area contributed by atoms with Gasteiger partial charge in [-0.3, -0.25) is 0 Å². The lowest BCUT2D eigenvalue weighted by Crippen LogP contribution is -2.25. The van der Waals surface area contributed by atoms with Gasteiger partial charge in [0.1, 0.15) is 0 Å². The van der Waals surface area contributed by atoms with Gasteiger partial charge in [0.15, 0.2) is 11.6 Å². The van der Waals surface area contributed by atoms with E-state index in [1.54, 1.807) is 12.1 Å². The molecule has 1 nitrogen and oxygen atoms in total. The second kappa shape index (κ2) is 11.3. The van der Waals surface area contributed by atoms with Gasteiger partial charge in [-0.25, -0.2) is 4.39 Å². The Morgan fingerprint density at radius 3 is 2.07 bits per heavy atom. The zero-order chi connectivity index (χ0) is 20.6. The zero-order valence-corrected chi connectivity index (χ0v) is 18.5. The Labute approximate surface area is 176 Å². The number of hydrogen-bond acceptors (Lipinski definition) is 1. The second-order valence-electron chi connectivity index (χ2n) is 9.52. The highest BCUT2D eigenvalue weighted by Crippen LogP contribution is 2.45. The molecule has 0 N–H and O–H groups in total. The minimum Gasteiger partial charge on any atom is -0.490 e. The van der Waals surface area contributed by atoms with Crippen LogP contribution >= 0.6 is 0 Å². The van der Waals surface area contributed by atoms with Gasteiger partial charge in [0, 0.05) is 0 Å². The molecule has 0 atom stereocenters. The maximum absolute atomic E-state index is 14.7. The largest absolute Gasteiger partial charge is 0.490 e. The summed E-state index contributed by atoms with van der Waals surface area (Å²) >= 11 is 0. The highest BCUT2D eigenvalue weighted by atomic mass is 19.2. The molecule has 2 aliphatic rings. The molecular weight excluding hydrogens is 366 g/mol. The van der Waals surface area contributed by atoms with Crippen LogP contribution in [0.5, 0.6) is 5.75 Å². The molecule has 0 bridgehead atoms. The van der Waals surface area contributed by atoms with Gasteiger partial charge in [-0.2, -0.15) is 4.39 Å². The fourth-order valence-electron chi connectivity index (χ4n) is 5.77. The second-order valence-corrected chi connectivity index (χ2v) is 9.52. The number of benzene rings is 1. The van der Waals surface area contributed by atoms with Crippen molar-refractivity contribution in [2.45, 2.75) is 103 Å². The van der Waals surface area contributed by atoms with Crippen LogP contribution in [0.3, 0.4) is 0 Å². The quantitative estimate of drug-likeness (QED) is 0.374. The topological polar surface area (TPSA) is 9.23 Å². The fraction of sp³-hybridized carbons (Fsp3) is 0.769. The van der Waals surface area contributed by atoms with Gasteiger partial charge >= 0.3 is 0 Å². The summed E-state index contributed by atoms with van der Waals surface area (Å²) in [7, 11) is 0. The van der Waals surface area contributed by atoms with Gasteiger partial charge in [0.05, 0.1) is 6.61 Å². The van der Waals surface area contributed by atoms with E-state index in [-0.39, 0.29) is 11.7 Å². The van der Waals surface area contributed by atoms with E-state index in [2.05, 4.69) is 13.8 Å². The monoisotopic (exact) mass is 406 g/mol. The molecular formula is C26H40F2O. The average molecular weight is 407 g/mol. The Morgan fingerprint density at radius 2 is 1.45 bits per heavy atom. The summed E-state index contributed by atoms with van der Waals surface area (Å²) < 4.78 is 34.7. The number of rotatable bonds is 9. The van der Waals surface area contributed by atoms with Gasteiger partial charge in [-0.05, 0) is 80.2 Å². The van der Waals surface area contributed by atoms with E-state index in [1.807, 2.05) is 0 Å². The van der Waals surface area contributed by atoms with Gasteiger partial charge < -0.3 is 4.74 Å². The Balaban J connectivity index is 1.51. The van der Waals surface area contributed by atoms with Crippen LogP contribution in [-0.4, -0.2) is 6.61 Å². The third-order valence-corrected chi connectivity index (χ3v) is 7.55. The maximum Gasteiger partial charge on any atom is 0.200 e. The molecule has 164 valence electrons. The minimum absolute atomic E-state index is 0.0693. The summed E-state index contributed by atoms with van der Waals surface area (Å²) in [6, 6.07) is 3.41. The summed E-state index contributed by atoms with van der Waals surface area (Å²) in [5, 5.41) is 0. The zero-order valence-electron chi connectivity index (χ0n) is 18.5.